The molecule has 0 N–H and O–H groups in total. The Bertz CT molecular complexity index is 1420. The van der Waals surface area contributed by atoms with Gasteiger partial charge in [-0.1, -0.05) is 43.3 Å². The van der Waals surface area contributed by atoms with Crippen LogP contribution in [0.3, 0.4) is 0 Å². The predicted molar refractivity (Wildman–Crippen MR) is 144 cm³/mol. The zero-order chi connectivity index (χ0) is 30.2. The van der Waals surface area contributed by atoms with E-state index in [2.05, 4.69) is 0 Å². The zero-order valence-electron chi connectivity index (χ0n) is 22.8. The summed E-state index contributed by atoms with van der Waals surface area (Å²) in [4.78, 5) is 0. The normalized spacial score (nSPS) is 24.9. The minimum absolute atomic E-state index is 0.0989. The third kappa shape index (κ3) is 6.26. The molecule has 224 valence electrons. The van der Waals surface area contributed by atoms with E-state index >= 15 is 4.39 Å². The molecule has 0 amide bonds. The van der Waals surface area contributed by atoms with E-state index in [0.29, 0.717) is 41.5 Å². The number of halogens is 8. The van der Waals surface area contributed by atoms with Crippen LogP contribution in [-0.4, -0.2) is 18.4 Å². The first kappa shape index (κ1) is 30.3. The molecule has 0 spiro atoms. The molecule has 2 aliphatic rings. The molecule has 0 radical (unpaired) electrons. The van der Waals surface area contributed by atoms with Crippen LogP contribution in [0.15, 0.2) is 66.5 Å². The largest absolute Gasteiger partial charge is 0.367 e. The maximum Gasteiger partial charge on any atom is 0.367 e. The fraction of sp³-hybridized carbons (Fsp3) is 0.394. The van der Waals surface area contributed by atoms with E-state index in [4.69, 9.17) is 4.74 Å². The Labute approximate surface area is 239 Å². The van der Waals surface area contributed by atoms with Gasteiger partial charge in [-0.05, 0) is 96.9 Å². The molecule has 5 rings (SSSR count). The van der Waals surface area contributed by atoms with Crippen LogP contribution in [0.4, 0.5) is 35.1 Å². The van der Waals surface area contributed by atoms with Crippen LogP contribution in [0, 0.1) is 35.1 Å². The number of benzene rings is 3. The van der Waals surface area contributed by atoms with Gasteiger partial charge in [0.15, 0.2) is 17.5 Å². The third-order valence-corrected chi connectivity index (χ3v) is 8.44. The van der Waals surface area contributed by atoms with Gasteiger partial charge in [0, 0.05) is 5.56 Å². The van der Waals surface area contributed by atoms with Crippen molar-refractivity contribution in [3.05, 3.63) is 95.3 Å². The van der Waals surface area contributed by atoms with Gasteiger partial charge in [0.25, 0.3) is 0 Å². The Balaban J connectivity index is 1.22. The van der Waals surface area contributed by atoms with Crippen molar-refractivity contribution in [2.24, 2.45) is 11.8 Å². The summed E-state index contributed by atoms with van der Waals surface area (Å²) in [6.45, 7) is 1.75. The Morgan fingerprint density at radius 2 is 1.38 bits per heavy atom. The lowest BCUT2D eigenvalue weighted by Gasteiger charge is -2.36. The Hall–Kier alpha value is -3.20. The zero-order valence-corrected chi connectivity index (χ0v) is 22.8. The Morgan fingerprint density at radius 3 is 1.95 bits per heavy atom. The van der Waals surface area contributed by atoms with E-state index in [0.717, 1.165) is 18.2 Å². The van der Waals surface area contributed by atoms with Crippen molar-refractivity contribution in [3.63, 3.8) is 0 Å². The quantitative estimate of drug-likeness (QED) is 0.195. The summed E-state index contributed by atoms with van der Waals surface area (Å²) in [6, 6.07) is 12.8. The molecule has 1 nitrogen and oxygen atoms in total. The van der Waals surface area contributed by atoms with Crippen molar-refractivity contribution in [3.8, 4) is 22.3 Å². The Morgan fingerprint density at radius 1 is 0.762 bits per heavy atom. The van der Waals surface area contributed by atoms with Crippen molar-refractivity contribution in [1.29, 1.82) is 0 Å². The van der Waals surface area contributed by atoms with Gasteiger partial charge in [0.05, 0.1) is 6.10 Å². The number of alkyl halides is 3. The summed E-state index contributed by atoms with van der Waals surface area (Å²) in [7, 11) is 0. The van der Waals surface area contributed by atoms with Crippen LogP contribution in [0.2, 0.25) is 0 Å². The lowest BCUT2D eigenvalue weighted by Crippen LogP contribution is -2.43. The molecular weight excluding hydrogens is 564 g/mol. The van der Waals surface area contributed by atoms with Crippen LogP contribution in [0.5, 0.6) is 0 Å². The highest BCUT2D eigenvalue weighted by molar-refractivity contribution is 5.71. The van der Waals surface area contributed by atoms with Crippen molar-refractivity contribution >= 4 is 0 Å². The molecule has 1 saturated carbocycles. The van der Waals surface area contributed by atoms with Crippen molar-refractivity contribution in [1.82, 2.24) is 0 Å². The molecule has 3 atom stereocenters. The molecule has 42 heavy (non-hydrogen) atoms. The van der Waals surface area contributed by atoms with Gasteiger partial charge in [-0.3, -0.25) is 0 Å². The van der Waals surface area contributed by atoms with Crippen molar-refractivity contribution < 1.29 is 39.9 Å². The summed E-state index contributed by atoms with van der Waals surface area (Å²) in [5, 5.41) is 0. The van der Waals surface area contributed by atoms with Crippen LogP contribution in [0.25, 0.3) is 22.3 Å². The average Bonchev–Trinajstić information content (AvgIpc) is 2.95. The van der Waals surface area contributed by atoms with Gasteiger partial charge in [-0.15, -0.1) is 0 Å². The minimum atomic E-state index is -3.97. The van der Waals surface area contributed by atoms with Gasteiger partial charge in [0.2, 0.25) is 0 Å². The molecule has 0 aromatic heterocycles. The fourth-order valence-corrected chi connectivity index (χ4v) is 6.04. The van der Waals surface area contributed by atoms with E-state index in [9.17, 15) is 30.7 Å². The second kappa shape index (κ2) is 12.2. The predicted octanol–water partition coefficient (Wildman–Crippen LogP) is 10.5. The van der Waals surface area contributed by atoms with E-state index in [1.54, 1.807) is 43.3 Å². The smallest absolute Gasteiger partial charge is 0.317 e. The van der Waals surface area contributed by atoms with Crippen molar-refractivity contribution in [2.45, 2.75) is 69.8 Å². The fourth-order valence-electron chi connectivity index (χ4n) is 6.04. The Kier molecular flexibility index (Phi) is 8.78. The van der Waals surface area contributed by atoms with Gasteiger partial charge in [-0.2, -0.15) is 8.78 Å². The van der Waals surface area contributed by atoms with Gasteiger partial charge in [-0.25, -0.2) is 26.3 Å². The molecule has 0 heterocycles. The molecule has 0 bridgehead atoms. The van der Waals surface area contributed by atoms with Gasteiger partial charge >= 0.3 is 6.11 Å². The molecule has 3 aromatic rings. The van der Waals surface area contributed by atoms with Crippen LogP contribution in [0.1, 0.15) is 56.9 Å². The molecule has 3 aromatic carbocycles. The maximum absolute atomic E-state index is 15.2. The number of hydrogen-bond acceptors (Lipinski definition) is 1. The number of allylic oxidation sites excluding steroid dienone is 1. The molecular formula is C33H30F8O. The molecule has 0 aliphatic heterocycles. The first-order chi connectivity index (χ1) is 20.0. The van der Waals surface area contributed by atoms with E-state index in [-0.39, 0.29) is 30.7 Å². The van der Waals surface area contributed by atoms with Gasteiger partial charge < -0.3 is 4.74 Å². The average molecular weight is 595 g/mol. The van der Waals surface area contributed by atoms with E-state index < -0.39 is 59.3 Å². The number of rotatable bonds is 7. The highest BCUT2D eigenvalue weighted by Crippen LogP contribution is 2.45. The lowest BCUT2D eigenvalue weighted by molar-refractivity contribution is -0.301. The van der Waals surface area contributed by atoms with Crippen LogP contribution in [-0.2, 0) is 4.74 Å². The summed E-state index contributed by atoms with van der Waals surface area (Å²) < 4.78 is 119. The minimum Gasteiger partial charge on any atom is -0.317 e. The summed E-state index contributed by atoms with van der Waals surface area (Å²) in [5.74, 6) is -8.58. The second-order valence-electron chi connectivity index (χ2n) is 11.2. The SMILES string of the molecule is CCC1C=C(F)C(C(F)(F)OC2CCC(c3ccc(-c4ccc(-c5cc(F)c(F)c(F)c5)cc4)c(F)c3)CC2)C(F)C1. The molecule has 0 saturated heterocycles. The molecule has 3 unspecified atom stereocenters. The molecule has 1 fully saturated rings. The summed E-state index contributed by atoms with van der Waals surface area (Å²) >= 11 is 0. The lowest BCUT2D eigenvalue weighted by atomic mass is 9.81. The van der Waals surface area contributed by atoms with E-state index in [1.807, 2.05) is 0 Å². The topological polar surface area (TPSA) is 9.23 Å². The summed E-state index contributed by atoms with van der Waals surface area (Å²) in [6.07, 6.45) is -4.13. The van der Waals surface area contributed by atoms with E-state index in [1.165, 1.54) is 6.07 Å². The number of ether oxygens (including phenoxy) is 1. The van der Waals surface area contributed by atoms with Crippen LogP contribution >= 0.6 is 0 Å². The third-order valence-electron chi connectivity index (χ3n) is 8.44. The highest BCUT2D eigenvalue weighted by Gasteiger charge is 2.52. The first-order valence-electron chi connectivity index (χ1n) is 14.1. The monoisotopic (exact) mass is 594 g/mol. The maximum atomic E-state index is 15.2. The molecule has 2 aliphatic carbocycles. The number of hydrogen-bond donors (Lipinski definition) is 0. The van der Waals surface area contributed by atoms with Crippen LogP contribution < -0.4 is 0 Å². The molecule has 9 heteroatoms. The first-order valence-corrected chi connectivity index (χ1v) is 14.1. The standard InChI is InChI=1S/C33H30F8O/c1-2-18-13-27(35)31(28(36)14-18)33(40,41)42-24-10-7-19(8-11-24)22-9-12-25(26(34)15-22)21-5-3-20(4-6-21)23-16-29(37)32(39)30(38)17-23/h3-6,9,12-13,15-19,24,28,31H,2,7-8,10-11,14H2,1H3. The van der Waals surface area contributed by atoms with Gasteiger partial charge in [0.1, 0.15) is 23.7 Å². The highest BCUT2D eigenvalue weighted by atomic mass is 19.3. The summed E-state index contributed by atoms with van der Waals surface area (Å²) in [5.41, 5.74) is 2.08. The second-order valence-corrected chi connectivity index (χ2v) is 11.2. The van der Waals surface area contributed by atoms with Crippen molar-refractivity contribution in [2.75, 3.05) is 0 Å².